The standard InChI is InChI=1S/C22H28F2O6/c1-19-5-4-11(26)6-14(19)15(23)7-13-12-8-16(27)22(30-3,18(29)10-25)20(12,2)9-17(28)21(13,19)24/h4-6,12-13,15-17,25,27-28H,7-10H2,1-3H3/t12-,13-,15-,16+,17-,19-,20-,21-,22-/m0/s1. The minimum atomic E-state index is -2.30. The fourth-order valence-corrected chi connectivity index (χ4v) is 7.31. The van der Waals surface area contributed by atoms with Crippen molar-refractivity contribution in [2.45, 2.75) is 62.8 Å². The molecule has 0 bridgehead atoms. The smallest absolute Gasteiger partial charge is 0.193 e. The van der Waals surface area contributed by atoms with Crippen molar-refractivity contribution in [3.05, 3.63) is 23.8 Å². The highest BCUT2D eigenvalue weighted by atomic mass is 19.1. The Morgan fingerprint density at radius 1 is 1.23 bits per heavy atom. The van der Waals surface area contributed by atoms with Gasteiger partial charge in [0.1, 0.15) is 12.8 Å². The fraction of sp³-hybridized carbons (Fsp3) is 0.727. The summed E-state index contributed by atoms with van der Waals surface area (Å²) in [5.74, 6) is -2.88. The fourth-order valence-electron chi connectivity index (χ4n) is 7.31. The molecule has 0 aliphatic heterocycles. The molecule has 4 rings (SSSR count). The summed E-state index contributed by atoms with van der Waals surface area (Å²) in [6.45, 7) is 2.24. The zero-order chi connectivity index (χ0) is 22.3. The maximum absolute atomic E-state index is 16.9. The molecule has 0 unspecified atom stereocenters. The number of alkyl halides is 2. The van der Waals surface area contributed by atoms with Crippen molar-refractivity contribution in [1.82, 2.24) is 0 Å². The van der Waals surface area contributed by atoms with Gasteiger partial charge in [-0.25, -0.2) is 8.78 Å². The van der Waals surface area contributed by atoms with E-state index >= 15 is 8.78 Å². The monoisotopic (exact) mass is 426 g/mol. The second-order valence-electron chi connectivity index (χ2n) is 9.63. The van der Waals surface area contributed by atoms with E-state index in [0.29, 0.717) is 0 Å². The number of rotatable bonds is 3. The third kappa shape index (κ3) is 2.20. The molecule has 166 valence electrons. The minimum absolute atomic E-state index is 0.0133. The average molecular weight is 426 g/mol. The molecule has 0 radical (unpaired) electrons. The van der Waals surface area contributed by atoms with Gasteiger partial charge in [-0.1, -0.05) is 13.0 Å². The molecule has 0 saturated heterocycles. The quantitative estimate of drug-likeness (QED) is 0.627. The van der Waals surface area contributed by atoms with E-state index in [2.05, 4.69) is 0 Å². The van der Waals surface area contributed by atoms with Crippen molar-refractivity contribution in [3.8, 4) is 0 Å². The number of hydrogen-bond donors (Lipinski definition) is 3. The van der Waals surface area contributed by atoms with E-state index in [-0.39, 0.29) is 24.8 Å². The normalized spacial score (nSPS) is 52.3. The third-order valence-corrected chi connectivity index (χ3v) is 8.69. The Morgan fingerprint density at radius 2 is 1.90 bits per heavy atom. The summed E-state index contributed by atoms with van der Waals surface area (Å²) in [7, 11) is 1.24. The van der Waals surface area contributed by atoms with E-state index in [4.69, 9.17) is 4.74 Å². The van der Waals surface area contributed by atoms with E-state index in [1.165, 1.54) is 26.2 Å². The van der Waals surface area contributed by atoms with Gasteiger partial charge in [0.15, 0.2) is 22.8 Å². The first-order valence-corrected chi connectivity index (χ1v) is 10.3. The SMILES string of the molecule is CO[C@]1(C(=O)CO)[C@H](O)C[C@H]2[C@@H]3C[C@H](F)C4=CC(=O)C=C[C@]4(C)[C@@]3(F)[C@@H](O)C[C@@]21C. The van der Waals surface area contributed by atoms with Crippen LogP contribution in [0, 0.1) is 22.7 Å². The molecule has 3 saturated carbocycles. The Balaban J connectivity index is 1.88. The Kier molecular flexibility index (Phi) is 4.72. The van der Waals surface area contributed by atoms with Crippen LogP contribution in [0.25, 0.3) is 0 Å². The first-order chi connectivity index (χ1) is 13.9. The van der Waals surface area contributed by atoms with Crippen LogP contribution in [-0.4, -0.2) is 70.3 Å². The molecule has 0 aromatic heterocycles. The van der Waals surface area contributed by atoms with Crippen LogP contribution < -0.4 is 0 Å². The van der Waals surface area contributed by atoms with Crippen molar-refractivity contribution >= 4 is 11.6 Å². The van der Waals surface area contributed by atoms with Crippen molar-refractivity contribution in [1.29, 1.82) is 0 Å². The van der Waals surface area contributed by atoms with Crippen LogP contribution in [0.4, 0.5) is 8.78 Å². The van der Waals surface area contributed by atoms with Gasteiger partial charge in [-0.05, 0) is 49.8 Å². The van der Waals surface area contributed by atoms with Gasteiger partial charge in [0.25, 0.3) is 0 Å². The van der Waals surface area contributed by atoms with Gasteiger partial charge >= 0.3 is 0 Å². The summed E-state index contributed by atoms with van der Waals surface area (Å²) in [5.41, 5.74) is -6.86. The lowest BCUT2D eigenvalue weighted by atomic mass is 9.44. The van der Waals surface area contributed by atoms with E-state index < -0.39 is 70.5 Å². The number of Topliss-reactive ketones (excluding diaryl/α,β-unsaturated/α-hetero) is 1. The summed E-state index contributed by atoms with van der Waals surface area (Å²) in [6.07, 6.45) is -1.42. The molecule has 8 heteroatoms. The Morgan fingerprint density at radius 3 is 2.50 bits per heavy atom. The van der Waals surface area contributed by atoms with Gasteiger partial charge in [0.2, 0.25) is 0 Å². The number of fused-ring (bicyclic) bond motifs is 5. The molecule has 4 aliphatic carbocycles. The zero-order valence-corrected chi connectivity index (χ0v) is 17.3. The number of ketones is 2. The first kappa shape index (κ1) is 21.7. The highest BCUT2D eigenvalue weighted by Crippen LogP contribution is 2.70. The number of methoxy groups -OCH3 is 1. The molecule has 0 heterocycles. The molecule has 6 nitrogen and oxygen atoms in total. The van der Waals surface area contributed by atoms with Crippen LogP contribution in [0.2, 0.25) is 0 Å². The number of hydrogen-bond acceptors (Lipinski definition) is 6. The van der Waals surface area contributed by atoms with Crippen LogP contribution in [0.1, 0.15) is 33.1 Å². The number of halogens is 2. The van der Waals surface area contributed by atoms with Crippen LogP contribution >= 0.6 is 0 Å². The van der Waals surface area contributed by atoms with Crippen molar-refractivity contribution < 1.29 is 38.4 Å². The first-order valence-electron chi connectivity index (χ1n) is 10.3. The maximum atomic E-state index is 16.9. The molecule has 0 amide bonds. The number of carbonyl (C=O) groups is 2. The molecular weight excluding hydrogens is 398 g/mol. The number of aliphatic hydroxyl groups is 3. The lowest BCUT2D eigenvalue weighted by Crippen LogP contribution is -2.71. The summed E-state index contributed by atoms with van der Waals surface area (Å²) in [4.78, 5) is 24.6. The highest BCUT2D eigenvalue weighted by Gasteiger charge is 2.77. The molecule has 0 aromatic carbocycles. The summed E-state index contributed by atoms with van der Waals surface area (Å²) >= 11 is 0. The Bertz CT molecular complexity index is 857. The predicted molar refractivity (Wildman–Crippen MR) is 102 cm³/mol. The summed E-state index contributed by atoms with van der Waals surface area (Å²) in [5, 5.41) is 31.6. The van der Waals surface area contributed by atoms with E-state index in [9.17, 15) is 24.9 Å². The van der Waals surface area contributed by atoms with Crippen LogP contribution in [0.15, 0.2) is 23.8 Å². The molecule has 3 N–H and O–H groups in total. The lowest BCUT2D eigenvalue weighted by molar-refractivity contribution is -0.231. The van der Waals surface area contributed by atoms with Gasteiger partial charge in [0, 0.05) is 23.9 Å². The van der Waals surface area contributed by atoms with Crippen molar-refractivity contribution in [2.24, 2.45) is 22.7 Å². The molecule has 9 atom stereocenters. The molecule has 0 aromatic rings. The Labute approximate surface area is 173 Å². The van der Waals surface area contributed by atoms with Gasteiger partial charge < -0.3 is 20.1 Å². The zero-order valence-electron chi connectivity index (χ0n) is 17.3. The molecular formula is C22H28F2O6. The molecule has 3 fully saturated rings. The van der Waals surface area contributed by atoms with Gasteiger partial charge in [-0.3, -0.25) is 9.59 Å². The second-order valence-corrected chi connectivity index (χ2v) is 9.63. The van der Waals surface area contributed by atoms with Crippen LogP contribution in [0.3, 0.4) is 0 Å². The van der Waals surface area contributed by atoms with Crippen molar-refractivity contribution in [3.63, 3.8) is 0 Å². The Hall–Kier alpha value is -1.48. The predicted octanol–water partition coefficient (Wildman–Crippen LogP) is 1.22. The van der Waals surface area contributed by atoms with Gasteiger partial charge in [-0.15, -0.1) is 0 Å². The second kappa shape index (κ2) is 6.51. The number of allylic oxidation sites excluding steroid dienone is 4. The van der Waals surface area contributed by atoms with Crippen LogP contribution in [0.5, 0.6) is 0 Å². The summed E-state index contributed by atoms with van der Waals surface area (Å²) in [6, 6.07) is 0. The number of aliphatic hydroxyl groups excluding tert-OH is 3. The highest BCUT2D eigenvalue weighted by molar-refractivity contribution is 6.01. The number of carbonyl (C=O) groups excluding carboxylic acids is 2. The topological polar surface area (TPSA) is 104 Å². The van der Waals surface area contributed by atoms with E-state index in [1.807, 2.05) is 0 Å². The largest absolute Gasteiger partial charge is 0.390 e. The average Bonchev–Trinajstić information content (AvgIpc) is 2.92. The van der Waals surface area contributed by atoms with E-state index in [1.54, 1.807) is 6.92 Å². The van der Waals surface area contributed by atoms with Crippen LogP contribution in [-0.2, 0) is 14.3 Å². The minimum Gasteiger partial charge on any atom is -0.390 e. The van der Waals surface area contributed by atoms with Crippen molar-refractivity contribution in [2.75, 3.05) is 13.7 Å². The third-order valence-electron chi connectivity index (χ3n) is 8.69. The lowest BCUT2D eigenvalue weighted by Gasteiger charge is -2.63. The summed E-state index contributed by atoms with van der Waals surface area (Å²) < 4.78 is 37.7. The molecule has 4 aliphatic rings. The van der Waals surface area contributed by atoms with Gasteiger partial charge in [-0.2, -0.15) is 0 Å². The molecule has 30 heavy (non-hydrogen) atoms. The maximum Gasteiger partial charge on any atom is 0.193 e. The van der Waals surface area contributed by atoms with Gasteiger partial charge in [0.05, 0.1) is 12.2 Å². The van der Waals surface area contributed by atoms with E-state index in [0.717, 1.165) is 6.08 Å². The molecule has 0 spiro atoms. The number of ether oxygens (including phenoxy) is 1.